The predicted octanol–water partition coefficient (Wildman–Crippen LogP) is 2.22. The van der Waals surface area contributed by atoms with Crippen LogP contribution in [0.25, 0.3) is 0 Å². The van der Waals surface area contributed by atoms with Crippen LogP contribution in [0.2, 0.25) is 0 Å². The molecule has 2 N–H and O–H groups in total. The van der Waals surface area contributed by atoms with Crippen molar-refractivity contribution < 1.29 is 13.2 Å². The Morgan fingerprint density at radius 3 is 2.43 bits per heavy atom. The van der Waals surface area contributed by atoms with Crippen molar-refractivity contribution in [3.05, 3.63) is 54.1 Å². The molecule has 2 aromatic carbocycles. The first-order valence-corrected chi connectivity index (χ1v) is 7.95. The normalized spacial score (nSPS) is 11.1. The van der Waals surface area contributed by atoms with Crippen LogP contribution in [0.5, 0.6) is 5.75 Å². The predicted molar refractivity (Wildman–Crippen MR) is 83.0 cm³/mol. The highest BCUT2D eigenvalue weighted by Gasteiger charge is 2.19. The van der Waals surface area contributed by atoms with Crippen molar-refractivity contribution in [3.8, 4) is 5.75 Å². The third-order valence-electron chi connectivity index (χ3n) is 2.98. The molecule has 0 aliphatic rings. The summed E-state index contributed by atoms with van der Waals surface area (Å²) < 4.78 is 32.9. The highest BCUT2D eigenvalue weighted by atomic mass is 32.2. The topological polar surface area (TPSA) is 67.4 Å². The van der Waals surface area contributed by atoms with Gasteiger partial charge in [0.25, 0.3) is 10.0 Å². The molecule has 0 saturated heterocycles. The fourth-order valence-corrected chi connectivity index (χ4v) is 3.34. The fraction of sp³-hybridized carbons (Fsp3) is 0.200. The van der Waals surface area contributed by atoms with Crippen LogP contribution in [-0.4, -0.2) is 22.6 Å². The second-order valence-corrected chi connectivity index (χ2v) is 6.09. The number of anilines is 1. The van der Waals surface area contributed by atoms with Gasteiger partial charge in [-0.25, -0.2) is 8.42 Å². The molecule has 0 amide bonds. The molecule has 5 nitrogen and oxygen atoms in total. The number of hydrogen-bond acceptors (Lipinski definition) is 4. The zero-order valence-electron chi connectivity index (χ0n) is 12.0. The number of nitrogens with one attached hydrogen (secondary N) is 2. The van der Waals surface area contributed by atoms with Gasteiger partial charge in [0.05, 0.1) is 17.7 Å². The number of ether oxygens (including phenoxy) is 1. The molecule has 0 atom stereocenters. The first kappa shape index (κ1) is 15.3. The summed E-state index contributed by atoms with van der Waals surface area (Å²) in [4.78, 5) is 0.255. The molecular weight excluding hydrogens is 288 g/mol. The molecule has 0 aliphatic carbocycles. The van der Waals surface area contributed by atoms with Crippen LogP contribution < -0.4 is 14.8 Å². The van der Waals surface area contributed by atoms with E-state index in [2.05, 4.69) is 10.0 Å². The van der Waals surface area contributed by atoms with E-state index in [4.69, 9.17) is 4.74 Å². The van der Waals surface area contributed by atoms with Gasteiger partial charge in [-0.15, -0.1) is 0 Å². The first-order valence-electron chi connectivity index (χ1n) is 6.47. The minimum absolute atomic E-state index is 0.255. The summed E-state index contributed by atoms with van der Waals surface area (Å²) in [6.45, 7) is 0.475. The maximum Gasteiger partial charge on any atom is 0.262 e. The summed E-state index contributed by atoms with van der Waals surface area (Å²) >= 11 is 0. The molecule has 0 unspecified atom stereocenters. The number of methoxy groups -OCH3 is 1. The molecule has 0 heterocycles. The Morgan fingerprint density at radius 2 is 1.71 bits per heavy atom. The first-order chi connectivity index (χ1) is 10.1. The van der Waals surface area contributed by atoms with Crippen molar-refractivity contribution in [2.75, 3.05) is 18.9 Å². The molecule has 0 bridgehead atoms. The smallest absolute Gasteiger partial charge is 0.262 e. The average molecular weight is 306 g/mol. The molecule has 0 aromatic heterocycles. The Labute approximate surface area is 125 Å². The number of sulfonamides is 1. The Kier molecular flexibility index (Phi) is 4.82. The van der Waals surface area contributed by atoms with Crippen molar-refractivity contribution in [1.82, 2.24) is 5.32 Å². The number of para-hydroxylation sites is 2. The maximum absolute atomic E-state index is 12.6. The van der Waals surface area contributed by atoms with Gasteiger partial charge in [0, 0.05) is 6.54 Å². The second kappa shape index (κ2) is 6.60. The van der Waals surface area contributed by atoms with E-state index >= 15 is 0 Å². The Morgan fingerprint density at radius 1 is 1.05 bits per heavy atom. The molecular formula is C15H18N2O3S. The van der Waals surface area contributed by atoms with E-state index in [9.17, 15) is 8.42 Å². The van der Waals surface area contributed by atoms with Crippen molar-refractivity contribution in [2.24, 2.45) is 0 Å². The second-order valence-electron chi connectivity index (χ2n) is 4.44. The quantitative estimate of drug-likeness (QED) is 0.858. The van der Waals surface area contributed by atoms with E-state index in [1.165, 1.54) is 7.11 Å². The molecule has 0 aliphatic heterocycles. The summed E-state index contributed by atoms with van der Waals surface area (Å²) in [5.74, 6) is 0.479. The maximum atomic E-state index is 12.6. The fourth-order valence-electron chi connectivity index (χ4n) is 2.03. The van der Waals surface area contributed by atoms with Crippen LogP contribution in [0.15, 0.2) is 53.4 Å². The van der Waals surface area contributed by atoms with Gasteiger partial charge in [-0.2, -0.15) is 0 Å². The Balaban J connectivity index is 2.39. The molecule has 2 rings (SSSR count). The van der Waals surface area contributed by atoms with Crippen LogP contribution in [0.3, 0.4) is 0 Å². The van der Waals surface area contributed by atoms with Crippen LogP contribution in [-0.2, 0) is 16.6 Å². The van der Waals surface area contributed by atoms with E-state index in [1.807, 2.05) is 6.07 Å². The molecule has 2 aromatic rings. The summed E-state index contributed by atoms with van der Waals surface area (Å²) in [6, 6.07) is 13.8. The Bertz CT molecular complexity index is 714. The van der Waals surface area contributed by atoms with Gasteiger partial charge in [0.15, 0.2) is 0 Å². The van der Waals surface area contributed by atoms with Gasteiger partial charge in [0.2, 0.25) is 0 Å². The highest BCUT2D eigenvalue weighted by molar-refractivity contribution is 7.92. The van der Waals surface area contributed by atoms with E-state index < -0.39 is 10.0 Å². The summed E-state index contributed by atoms with van der Waals surface area (Å²) in [5, 5.41) is 2.97. The van der Waals surface area contributed by atoms with Crippen molar-refractivity contribution in [2.45, 2.75) is 11.4 Å². The Hall–Kier alpha value is -2.05. The summed E-state index contributed by atoms with van der Waals surface area (Å²) in [5.41, 5.74) is 1.13. The lowest BCUT2D eigenvalue weighted by Gasteiger charge is -2.14. The van der Waals surface area contributed by atoms with Crippen LogP contribution in [0.4, 0.5) is 5.69 Å². The number of benzene rings is 2. The lowest BCUT2D eigenvalue weighted by molar-refractivity contribution is 0.417. The lowest BCUT2D eigenvalue weighted by Crippen LogP contribution is -2.17. The van der Waals surface area contributed by atoms with Crippen molar-refractivity contribution in [1.29, 1.82) is 0 Å². The van der Waals surface area contributed by atoms with Crippen molar-refractivity contribution >= 4 is 15.7 Å². The molecule has 0 saturated carbocycles. The third-order valence-corrected chi connectivity index (χ3v) is 4.45. The summed E-state index contributed by atoms with van der Waals surface area (Å²) in [6.07, 6.45) is 0. The van der Waals surface area contributed by atoms with Crippen molar-refractivity contribution in [3.63, 3.8) is 0 Å². The molecule has 0 radical (unpaired) electrons. The van der Waals surface area contributed by atoms with Crippen LogP contribution >= 0.6 is 0 Å². The standard InChI is InChI=1S/C15H18N2O3S/c1-16-11-12-7-3-6-10-15(12)21(18,19)17-13-8-4-5-9-14(13)20-2/h3-10,16-17H,11H2,1-2H3. The van der Waals surface area contributed by atoms with E-state index in [-0.39, 0.29) is 4.90 Å². The van der Waals surface area contributed by atoms with E-state index in [1.54, 1.807) is 49.5 Å². The van der Waals surface area contributed by atoms with Crippen LogP contribution in [0, 0.1) is 0 Å². The zero-order chi connectivity index (χ0) is 15.3. The highest BCUT2D eigenvalue weighted by Crippen LogP contribution is 2.27. The van der Waals surface area contributed by atoms with Gasteiger partial charge < -0.3 is 10.1 Å². The zero-order valence-corrected chi connectivity index (χ0v) is 12.8. The molecule has 0 fully saturated rings. The number of rotatable bonds is 6. The average Bonchev–Trinajstić information content (AvgIpc) is 2.48. The largest absolute Gasteiger partial charge is 0.495 e. The van der Waals surface area contributed by atoms with Gasteiger partial charge in [-0.3, -0.25) is 4.72 Å². The number of hydrogen-bond donors (Lipinski definition) is 2. The molecule has 6 heteroatoms. The van der Waals surface area contributed by atoms with Gasteiger partial charge in [0.1, 0.15) is 5.75 Å². The van der Waals surface area contributed by atoms with Gasteiger partial charge in [-0.1, -0.05) is 30.3 Å². The monoisotopic (exact) mass is 306 g/mol. The minimum atomic E-state index is -3.67. The van der Waals surface area contributed by atoms with Gasteiger partial charge in [-0.05, 0) is 30.8 Å². The molecule has 0 spiro atoms. The van der Waals surface area contributed by atoms with E-state index in [0.717, 1.165) is 0 Å². The lowest BCUT2D eigenvalue weighted by atomic mass is 10.2. The molecule has 112 valence electrons. The third kappa shape index (κ3) is 3.53. The summed E-state index contributed by atoms with van der Waals surface area (Å²) in [7, 11) is -0.392. The SMILES string of the molecule is CNCc1ccccc1S(=O)(=O)Nc1ccccc1OC. The van der Waals surface area contributed by atoms with Gasteiger partial charge >= 0.3 is 0 Å². The van der Waals surface area contributed by atoms with E-state index in [0.29, 0.717) is 23.5 Å². The minimum Gasteiger partial charge on any atom is -0.495 e. The van der Waals surface area contributed by atoms with Crippen LogP contribution in [0.1, 0.15) is 5.56 Å². The molecule has 21 heavy (non-hydrogen) atoms.